The van der Waals surface area contributed by atoms with E-state index in [1.54, 1.807) is 19.1 Å². The number of aryl methyl sites for hydroxylation is 1. The first kappa shape index (κ1) is 11.9. The zero-order chi connectivity index (χ0) is 12.4. The molecular weight excluding hydrogens is 218 g/mol. The molecule has 1 fully saturated rings. The van der Waals surface area contributed by atoms with Crippen LogP contribution in [0.1, 0.15) is 12.0 Å². The molecule has 1 unspecified atom stereocenters. The van der Waals surface area contributed by atoms with Gasteiger partial charge in [-0.1, -0.05) is 6.07 Å². The Kier molecular flexibility index (Phi) is 3.28. The van der Waals surface area contributed by atoms with Crippen LogP contribution in [0.2, 0.25) is 0 Å². The van der Waals surface area contributed by atoms with E-state index in [0.717, 1.165) is 25.2 Å². The summed E-state index contributed by atoms with van der Waals surface area (Å²) in [6.07, 6.45) is 1.08. The van der Waals surface area contributed by atoms with Crippen molar-refractivity contribution in [3.05, 3.63) is 33.9 Å². The molecule has 0 saturated carbocycles. The number of rotatable bonds is 3. The van der Waals surface area contributed by atoms with Crippen molar-refractivity contribution < 1.29 is 4.92 Å². The van der Waals surface area contributed by atoms with E-state index in [2.05, 4.69) is 17.3 Å². The van der Waals surface area contributed by atoms with Gasteiger partial charge in [-0.05, 0) is 33.0 Å². The third-order valence-electron chi connectivity index (χ3n) is 3.17. The Morgan fingerprint density at radius 2 is 2.29 bits per heavy atom. The number of likely N-dealkylation sites (tertiary alicyclic amines) is 1. The first-order valence-corrected chi connectivity index (χ1v) is 5.76. The van der Waals surface area contributed by atoms with Crippen molar-refractivity contribution in [2.75, 3.05) is 25.5 Å². The minimum Gasteiger partial charge on any atom is -0.381 e. The van der Waals surface area contributed by atoms with Crippen molar-refractivity contribution in [2.45, 2.75) is 19.4 Å². The molecule has 0 radical (unpaired) electrons. The number of nitrogens with zero attached hydrogens (tertiary/aromatic N) is 2. The number of likely N-dealkylation sites (N-methyl/N-ethyl adjacent to an activating group) is 1. The van der Waals surface area contributed by atoms with Gasteiger partial charge in [0.05, 0.1) is 4.92 Å². The molecule has 17 heavy (non-hydrogen) atoms. The molecule has 1 heterocycles. The maximum atomic E-state index is 10.8. The summed E-state index contributed by atoms with van der Waals surface area (Å²) in [5, 5.41) is 14.2. The van der Waals surface area contributed by atoms with Gasteiger partial charge in [0.1, 0.15) is 0 Å². The van der Waals surface area contributed by atoms with E-state index >= 15 is 0 Å². The van der Waals surface area contributed by atoms with Crippen molar-refractivity contribution in [3.63, 3.8) is 0 Å². The first-order chi connectivity index (χ1) is 8.06. The van der Waals surface area contributed by atoms with Crippen LogP contribution in [-0.4, -0.2) is 36.0 Å². The van der Waals surface area contributed by atoms with Gasteiger partial charge in [-0.2, -0.15) is 0 Å². The van der Waals surface area contributed by atoms with Crippen LogP contribution in [0.3, 0.4) is 0 Å². The van der Waals surface area contributed by atoms with E-state index in [0.29, 0.717) is 11.6 Å². The molecule has 0 spiro atoms. The Balaban J connectivity index is 2.11. The fraction of sp³-hybridized carbons (Fsp3) is 0.500. The minimum atomic E-state index is -0.332. The van der Waals surface area contributed by atoms with Gasteiger partial charge < -0.3 is 10.2 Å². The van der Waals surface area contributed by atoms with Crippen molar-refractivity contribution in [3.8, 4) is 0 Å². The van der Waals surface area contributed by atoms with E-state index in [9.17, 15) is 10.1 Å². The molecule has 1 aliphatic rings. The lowest BCUT2D eigenvalue weighted by Crippen LogP contribution is -2.23. The average Bonchev–Trinajstić information content (AvgIpc) is 2.66. The molecule has 1 aromatic carbocycles. The number of nitro benzene ring substituents is 1. The number of hydrogen-bond acceptors (Lipinski definition) is 4. The topological polar surface area (TPSA) is 58.4 Å². The van der Waals surface area contributed by atoms with Crippen molar-refractivity contribution in [2.24, 2.45) is 0 Å². The normalized spacial score (nSPS) is 20.5. The van der Waals surface area contributed by atoms with Gasteiger partial charge in [0.2, 0.25) is 0 Å². The summed E-state index contributed by atoms with van der Waals surface area (Å²) in [5.41, 5.74) is 1.72. The molecular formula is C12H17N3O2. The zero-order valence-corrected chi connectivity index (χ0v) is 10.1. The Bertz CT molecular complexity index is 434. The summed E-state index contributed by atoms with van der Waals surface area (Å²) in [7, 11) is 2.08. The number of nitrogens with one attached hydrogen (secondary N) is 1. The van der Waals surface area contributed by atoms with Crippen molar-refractivity contribution in [1.82, 2.24) is 4.90 Å². The highest BCUT2D eigenvalue weighted by Gasteiger charge is 2.20. The van der Waals surface area contributed by atoms with E-state index < -0.39 is 0 Å². The first-order valence-electron chi connectivity index (χ1n) is 5.76. The Morgan fingerprint density at radius 3 is 2.88 bits per heavy atom. The third-order valence-corrected chi connectivity index (χ3v) is 3.17. The summed E-state index contributed by atoms with van der Waals surface area (Å²) in [4.78, 5) is 12.8. The van der Waals surface area contributed by atoms with E-state index in [1.807, 2.05) is 6.07 Å². The van der Waals surface area contributed by atoms with Gasteiger partial charge in [0.15, 0.2) is 0 Å². The van der Waals surface area contributed by atoms with Crippen LogP contribution in [0.15, 0.2) is 18.2 Å². The monoisotopic (exact) mass is 235 g/mol. The second-order valence-electron chi connectivity index (χ2n) is 4.65. The number of hydrogen-bond donors (Lipinski definition) is 1. The number of anilines is 1. The Labute approximate surface area is 101 Å². The van der Waals surface area contributed by atoms with Gasteiger partial charge in [0, 0.05) is 29.9 Å². The molecule has 2 rings (SSSR count). The highest BCUT2D eigenvalue weighted by molar-refractivity contribution is 5.55. The minimum absolute atomic E-state index is 0.182. The molecule has 0 aromatic heterocycles. The van der Waals surface area contributed by atoms with Crippen LogP contribution >= 0.6 is 0 Å². The molecule has 0 bridgehead atoms. The largest absolute Gasteiger partial charge is 0.381 e. The van der Waals surface area contributed by atoms with Gasteiger partial charge in [0.25, 0.3) is 5.69 Å². The fourth-order valence-corrected chi connectivity index (χ4v) is 2.18. The van der Waals surface area contributed by atoms with Gasteiger partial charge >= 0.3 is 0 Å². The molecule has 1 aliphatic heterocycles. The lowest BCUT2D eigenvalue weighted by Gasteiger charge is -2.14. The third kappa shape index (κ3) is 2.74. The molecule has 1 N–H and O–H groups in total. The zero-order valence-electron chi connectivity index (χ0n) is 10.1. The molecule has 1 saturated heterocycles. The highest BCUT2D eigenvalue weighted by Crippen LogP contribution is 2.23. The summed E-state index contributed by atoms with van der Waals surface area (Å²) in [6.45, 7) is 3.82. The SMILES string of the molecule is Cc1ccc(NC2CCN(C)C2)cc1[N+](=O)[O-]. The second-order valence-corrected chi connectivity index (χ2v) is 4.65. The maximum absolute atomic E-state index is 10.8. The van der Waals surface area contributed by atoms with E-state index in [4.69, 9.17) is 0 Å². The second kappa shape index (κ2) is 4.71. The van der Waals surface area contributed by atoms with Crippen LogP contribution < -0.4 is 5.32 Å². The number of nitro groups is 1. The molecule has 0 amide bonds. The molecule has 92 valence electrons. The molecule has 1 atom stereocenters. The van der Waals surface area contributed by atoms with Crippen molar-refractivity contribution in [1.29, 1.82) is 0 Å². The quantitative estimate of drug-likeness (QED) is 0.643. The molecule has 5 nitrogen and oxygen atoms in total. The lowest BCUT2D eigenvalue weighted by atomic mass is 10.1. The van der Waals surface area contributed by atoms with Gasteiger partial charge in [-0.15, -0.1) is 0 Å². The van der Waals surface area contributed by atoms with Crippen LogP contribution in [0, 0.1) is 17.0 Å². The average molecular weight is 235 g/mol. The van der Waals surface area contributed by atoms with Crippen molar-refractivity contribution >= 4 is 11.4 Å². The van der Waals surface area contributed by atoms with E-state index in [1.165, 1.54) is 0 Å². The van der Waals surface area contributed by atoms with Gasteiger partial charge in [-0.3, -0.25) is 10.1 Å². The molecule has 0 aliphatic carbocycles. The lowest BCUT2D eigenvalue weighted by molar-refractivity contribution is -0.385. The summed E-state index contributed by atoms with van der Waals surface area (Å²) < 4.78 is 0. The van der Waals surface area contributed by atoms with Crippen LogP contribution in [0.4, 0.5) is 11.4 Å². The van der Waals surface area contributed by atoms with Gasteiger partial charge in [-0.25, -0.2) is 0 Å². The van der Waals surface area contributed by atoms with E-state index in [-0.39, 0.29) is 10.6 Å². The number of benzene rings is 1. The standard InChI is InChI=1S/C12H17N3O2/c1-9-3-4-10(7-12(9)15(16)17)13-11-5-6-14(2)8-11/h3-4,7,11,13H,5-6,8H2,1-2H3. The molecule has 5 heteroatoms. The maximum Gasteiger partial charge on any atom is 0.274 e. The summed E-state index contributed by atoms with van der Waals surface area (Å²) in [6, 6.07) is 5.70. The highest BCUT2D eigenvalue weighted by atomic mass is 16.6. The fourth-order valence-electron chi connectivity index (χ4n) is 2.18. The summed E-state index contributed by atoms with van der Waals surface area (Å²) >= 11 is 0. The van der Waals surface area contributed by atoms with Crippen LogP contribution in [0.5, 0.6) is 0 Å². The van der Waals surface area contributed by atoms with Crippen LogP contribution in [0.25, 0.3) is 0 Å². The van der Waals surface area contributed by atoms with Crippen LogP contribution in [-0.2, 0) is 0 Å². The Morgan fingerprint density at radius 1 is 1.53 bits per heavy atom. The smallest absolute Gasteiger partial charge is 0.274 e. The Hall–Kier alpha value is -1.62. The predicted molar refractivity (Wildman–Crippen MR) is 67.4 cm³/mol. The predicted octanol–water partition coefficient (Wildman–Crippen LogP) is 2.02. The molecule has 1 aromatic rings. The summed E-state index contributed by atoms with van der Waals surface area (Å²) in [5.74, 6) is 0.